The second kappa shape index (κ2) is 5.32. The van der Waals surface area contributed by atoms with Gasteiger partial charge in [-0.05, 0) is 37.8 Å². The summed E-state index contributed by atoms with van der Waals surface area (Å²) >= 11 is 0. The van der Waals surface area contributed by atoms with Crippen LogP contribution in [-0.2, 0) is 11.2 Å². The maximum atomic E-state index is 12.1. The minimum atomic E-state index is 0.0963. The first-order valence-corrected chi connectivity index (χ1v) is 6.32. The van der Waals surface area contributed by atoms with Gasteiger partial charge in [-0.15, -0.1) is 0 Å². The molecule has 0 spiro atoms. The first kappa shape index (κ1) is 12.1. The number of carbonyl (C=O) groups excluding carboxylic acids is 1. The van der Waals surface area contributed by atoms with Crippen LogP contribution in [0.3, 0.4) is 0 Å². The van der Waals surface area contributed by atoms with Crippen LogP contribution in [0.4, 0.5) is 5.69 Å². The summed E-state index contributed by atoms with van der Waals surface area (Å²) in [5, 5.41) is 0. The van der Waals surface area contributed by atoms with Gasteiger partial charge in [0.1, 0.15) is 0 Å². The number of nitrogens with zero attached hydrogens (tertiary/aromatic N) is 1. The van der Waals surface area contributed by atoms with Crippen molar-refractivity contribution in [2.24, 2.45) is 5.73 Å². The Bertz CT molecular complexity index is 401. The first-order valence-electron chi connectivity index (χ1n) is 6.32. The molecule has 0 aliphatic carbocycles. The predicted octanol–water partition coefficient (Wildman–Crippen LogP) is 2.09. The van der Waals surface area contributed by atoms with Gasteiger partial charge in [-0.2, -0.15) is 0 Å². The molecule has 1 atom stereocenters. The van der Waals surface area contributed by atoms with Gasteiger partial charge in [0, 0.05) is 24.7 Å². The number of para-hydroxylation sites is 1. The second-order valence-electron chi connectivity index (χ2n) is 4.79. The summed E-state index contributed by atoms with van der Waals surface area (Å²) in [6.45, 7) is 2.78. The molecule has 0 radical (unpaired) electrons. The molecule has 1 aromatic carbocycles. The molecule has 0 saturated carbocycles. The van der Waals surface area contributed by atoms with Crippen molar-refractivity contribution >= 4 is 11.6 Å². The van der Waals surface area contributed by atoms with Crippen molar-refractivity contribution in [3.63, 3.8) is 0 Å². The molecule has 1 amide bonds. The van der Waals surface area contributed by atoms with Crippen LogP contribution in [0.2, 0.25) is 0 Å². The zero-order chi connectivity index (χ0) is 12.3. The summed E-state index contributed by atoms with van der Waals surface area (Å²) in [4.78, 5) is 14.1. The van der Waals surface area contributed by atoms with E-state index in [0.717, 1.165) is 31.5 Å². The molecule has 1 aromatic rings. The molecule has 1 aliphatic rings. The third-order valence-electron chi connectivity index (χ3n) is 3.22. The number of carbonyl (C=O) groups is 1. The molecule has 0 aromatic heterocycles. The topological polar surface area (TPSA) is 46.3 Å². The summed E-state index contributed by atoms with van der Waals surface area (Å²) in [6, 6.07) is 8.28. The Morgan fingerprint density at radius 1 is 1.47 bits per heavy atom. The number of hydrogen-bond acceptors (Lipinski definition) is 2. The highest BCUT2D eigenvalue weighted by atomic mass is 16.2. The molecule has 0 saturated heterocycles. The third-order valence-corrected chi connectivity index (χ3v) is 3.22. The lowest BCUT2D eigenvalue weighted by Crippen LogP contribution is -2.36. The van der Waals surface area contributed by atoms with E-state index in [1.165, 1.54) is 5.56 Å². The number of amides is 1. The molecule has 92 valence electrons. The van der Waals surface area contributed by atoms with E-state index in [4.69, 9.17) is 5.73 Å². The van der Waals surface area contributed by atoms with Crippen LogP contribution in [-0.4, -0.2) is 18.5 Å². The predicted molar refractivity (Wildman–Crippen MR) is 70.0 cm³/mol. The Hall–Kier alpha value is -1.35. The number of hydrogen-bond donors (Lipinski definition) is 1. The Kier molecular flexibility index (Phi) is 3.79. The van der Waals surface area contributed by atoms with E-state index in [1.807, 2.05) is 30.0 Å². The lowest BCUT2D eigenvalue weighted by Gasteiger charge is -2.29. The summed E-state index contributed by atoms with van der Waals surface area (Å²) in [5.41, 5.74) is 8.07. The molecule has 2 N–H and O–H groups in total. The van der Waals surface area contributed by atoms with Crippen molar-refractivity contribution in [3.8, 4) is 0 Å². The summed E-state index contributed by atoms with van der Waals surface area (Å²) in [5.74, 6) is 0.203. The van der Waals surface area contributed by atoms with Crippen molar-refractivity contribution in [2.75, 3.05) is 11.4 Å². The molecule has 3 heteroatoms. The Labute approximate surface area is 103 Å². The maximum Gasteiger partial charge on any atom is 0.227 e. The first-order chi connectivity index (χ1) is 8.18. The highest BCUT2D eigenvalue weighted by Crippen LogP contribution is 2.27. The van der Waals surface area contributed by atoms with Crippen molar-refractivity contribution in [2.45, 2.75) is 38.6 Å². The molecule has 1 heterocycles. The fraction of sp³-hybridized carbons (Fsp3) is 0.500. The molecule has 0 bridgehead atoms. The van der Waals surface area contributed by atoms with Gasteiger partial charge in [0.05, 0.1) is 0 Å². The molecule has 1 unspecified atom stereocenters. The maximum absolute atomic E-state index is 12.1. The van der Waals surface area contributed by atoms with Crippen molar-refractivity contribution in [1.82, 2.24) is 0 Å². The lowest BCUT2D eigenvalue weighted by molar-refractivity contribution is -0.118. The van der Waals surface area contributed by atoms with Crippen LogP contribution >= 0.6 is 0 Å². The largest absolute Gasteiger partial charge is 0.328 e. The summed E-state index contributed by atoms with van der Waals surface area (Å²) in [7, 11) is 0. The SMILES string of the molecule is CC(N)CCC(=O)N1CCCc2ccccc21. The molecule has 3 nitrogen and oxygen atoms in total. The van der Waals surface area contributed by atoms with Crippen molar-refractivity contribution in [1.29, 1.82) is 0 Å². The Morgan fingerprint density at radius 3 is 3.00 bits per heavy atom. The van der Waals surface area contributed by atoms with Crippen LogP contribution in [0.5, 0.6) is 0 Å². The van der Waals surface area contributed by atoms with Gasteiger partial charge in [-0.3, -0.25) is 4.79 Å². The number of rotatable bonds is 3. The van der Waals surface area contributed by atoms with E-state index < -0.39 is 0 Å². The number of benzene rings is 1. The van der Waals surface area contributed by atoms with E-state index in [-0.39, 0.29) is 11.9 Å². The van der Waals surface area contributed by atoms with Crippen molar-refractivity contribution in [3.05, 3.63) is 29.8 Å². The number of fused-ring (bicyclic) bond motifs is 1. The lowest BCUT2D eigenvalue weighted by atomic mass is 10.0. The van der Waals surface area contributed by atoms with Crippen LogP contribution in [0.1, 0.15) is 31.7 Å². The third kappa shape index (κ3) is 2.86. The van der Waals surface area contributed by atoms with Gasteiger partial charge < -0.3 is 10.6 Å². The van der Waals surface area contributed by atoms with E-state index in [1.54, 1.807) is 0 Å². The Morgan fingerprint density at radius 2 is 2.24 bits per heavy atom. The number of aryl methyl sites for hydroxylation is 1. The van der Waals surface area contributed by atoms with Gasteiger partial charge in [0.25, 0.3) is 0 Å². The van der Waals surface area contributed by atoms with E-state index in [0.29, 0.717) is 6.42 Å². The van der Waals surface area contributed by atoms with Crippen molar-refractivity contribution < 1.29 is 4.79 Å². The van der Waals surface area contributed by atoms with Gasteiger partial charge in [0.15, 0.2) is 0 Å². The van der Waals surface area contributed by atoms with E-state index in [2.05, 4.69) is 6.07 Å². The van der Waals surface area contributed by atoms with Gasteiger partial charge in [-0.25, -0.2) is 0 Å². The molecular weight excluding hydrogens is 212 g/mol. The molecule has 0 fully saturated rings. The highest BCUT2D eigenvalue weighted by Gasteiger charge is 2.21. The highest BCUT2D eigenvalue weighted by molar-refractivity contribution is 5.94. The van der Waals surface area contributed by atoms with Gasteiger partial charge in [-0.1, -0.05) is 18.2 Å². The fourth-order valence-electron chi connectivity index (χ4n) is 2.28. The zero-order valence-corrected chi connectivity index (χ0v) is 10.4. The quantitative estimate of drug-likeness (QED) is 0.867. The van der Waals surface area contributed by atoms with Gasteiger partial charge in [0.2, 0.25) is 5.91 Å². The van der Waals surface area contributed by atoms with Crippen LogP contribution in [0.25, 0.3) is 0 Å². The average Bonchev–Trinajstić information content (AvgIpc) is 2.35. The standard InChI is InChI=1S/C14H20N2O/c1-11(15)8-9-14(17)16-10-4-6-12-5-2-3-7-13(12)16/h2-3,5,7,11H,4,6,8-10,15H2,1H3. The van der Waals surface area contributed by atoms with E-state index in [9.17, 15) is 4.79 Å². The smallest absolute Gasteiger partial charge is 0.227 e. The van der Waals surface area contributed by atoms with Crippen LogP contribution in [0, 0.1) is 0 Å². The average molecular weight is 232 g/mol. The zero-order valence-electron chi connectivity index (χ0n) is 10.4. The Balaban J connectivity index is 2.10. The molecular formula is C14H20N2O. The van der Waals surface area contributed by atoms with Crippen LogP contribution < -0.4 is 10.6 Å². The minimum absolute atomic E-state index is 0.0963. The molecule has 2 rings (SSSR count). The monoisotopic (exact) mass is 232 g/mol. The summed E-state index contributed by atoms with van der Waals surface area (Å²) in [6.07, 6.45) is 3.44. The fourth-order valence-corrected chi connectivity index (χ4v) is 2.28. The summed E-state index contributed by atoms with van der Waals surface area (Å²) < 4.78 is 0. The number of nitrogens with two attached hydrogens (primary N) is 1. The normalized spacial score (nSPS) is 16.5. The van der Waals surface area contributed by atoms with Crippen LogP contribution in [0.15, 0.2) is 24.3 Å². The molecule has 17 heavy (non-hydrogen) atoms. The van der Waals surface area contributed by atoms with Gasteiger partial charge >= 0.3 is 0 Å². The minimum Gasteiger partial charge on any atom is -0.328 e. The second-order valence-corrected chi connectivity index (χ2v) is 4.79. The van der Waals surface area contributed by atoms with E-state index >= 15 is 0 Å². The number of anilines is 1. The molecule has 1 aliphatic heterocycles.